The summed E-state index contributed by atoms with van der Waals surface area (Å²) in [5.74, 6) is 0.940. The van der Waals surface area contributed by atoms with Gasteiger partial charge in [-0.15, -0.1) is 0 Å². The molecule has 1 unspecified atom stereocenters. The van der Waals surface area contributed by atoms with Gasteiger partial charge in [-0.25, -0.2) is 4.98 Å². The maximum Gasteiger partial charge on any atom is 0.222 e. The summed E-state index contributed by atoms with van der Waals surface area (Å²) in [6.07, 6.45) is 9.36. The summed E-state index contributed by atoms with van der Waals surface area (Å²) in [6, 6.07) is 9.84. The van der Waals surface area contributed by atoms with E-state index < -0.39 is 0 Å². The van der Waals surface area contributed by atoms with Crippen molar-refractivity contribution in [3.8, 4) is 0 Å². The molecule has 2 heterocycles. The van der Waals surface area contributed by atoms with Crippen molar-refractivity contribution in [2.24, 2.45) is 7.05 Å². The fourth-order valence-corrected chi connectivity index (χ4v) is 3.45. The molecule has 1 aromatic carbocycles. The molecule has 1 saturated heterocycles. The fourth-order valence-electron chi connectivity index (χ4n) is 3.45. The highest BCUT2D eigenvalue weighted by atomic mass is 16.1. The van der Waals surface area contributed by atoms with Crippen molar-refractivity contribution in [3.63, 3.8) is 0 Å². The van der Waals surface area contributed by atoms with Crippen molar-refractivity contribution in [1.82, 2.24) is 19.8 Å². The molecule has 1 N–H and O–H groups in total. The van der Waals surface area contributed by atoms with E-state index in [1.165, 1.54) is 25.7 Å². The van der Waals surface area contributed by atoms with Gasteiger partial charge >= 0.3 is 0 Å². The number of hydrogen-bond donors (Lipinski definition) is 1. The van der Waals surface area contributed by atoms with Gasteiger partial charge in [0.2, 0.25) is 5.91 Å². The zero-order chi connectivity index (χ0) is 17.5. The van der Waals surface area contributed by atoms with E-state index in [0.29, 0.717) is 6.42 Å². The van der Waals surface area contributed by atoms with Crippen LogP contribution < -0.4 is 5.32 Å². The quantitative estimate of drug-likeness (QED) is 0.880. The molecule has 2 aromatic rings. The minimum atomic E-state index is -0.210. The molecule has 25 heavy (non-hydrogen) atoms. The predicted octanol–water partition coefficient (Wildman–Crippen LogP) is 2.89. The average Bonchev–Trinajstić information content (AvgIpc) is 2.89. The van der Waals surface area contributed by atoms with Crippen LogP contribution >= 0.6 is 0 Å². The minimum Gasteiger partial charge on any atom is -0.342 e. The Balaban J connectivity index is 1.64. The number of imidazole rings is 1. The number of aromatic nitrogens is 2. The molecular weight excluding hydrogens is 312 g/mol. The van der Waals surface area contributed by atoms with Gasteiger partial charge in [0.1, 0.15) is 11.9 Å². The Morgan fingerprint density at radius 2 is 1.88 bits per heavy atom. The monoisotopic (exact) mass is 340 g/mol. The van der Waals surface area contributed by atoms with E-state index in [0.717, 1.165) is 31.0 Å². The first-order valence-electron chi connectivity index (χ1n) is 9.28. The van der Waals surface area contributed by atoms with E-state index in [-0.39, 0.29) is 11.9 Å². The lowest BCUT2D eigenvalue weighted by molar-refractivity contribution is -0.122. The van der Waals surface area contributed by atoms with Crippen molar-refractivity contribution in [2.75, 3.05) is 19.6 Å². The second kappa shape index (κ2) is 8.81. The van der Waals surface area contributed by atoms with Crippen LogP contribution in [0.5, 0.6) is 0 Å². The molecule has 1 aliphatic heterocycles. The number of amides is 1. The second-order valence-corrected chi connectivity index (χ2v) is 6.81. The van der Waals surface area contributed by atoms with Crippen LogP contribution in [0.15, 0.2) is 42.7 Å². The van der Waals surface area contributed by atoms with E-state index in [2.05, 4.69) is 15.2 Å². The van der Waals surface area contributed by atoms with Crippen LogP contribution in [0, 0.1) is 0 Å². The molecule has 1 aliphatic rings. The number of benzene rings is 1. The lowest BCUT2D eigenvalue weighted by Crippen LogP contribution is -2.34. The van der Waals surface area contributed by atoms with Crippen molar-refractivity contribution >= 4 is 5.91 Å². The number of likely N-dealkylation sites (tertiary alicyclic amines) is 1. The number of nitrogens with zero attached hydrogens (tertiary/aromatic N) is 3. The molecule has 1 atom stereocenters. The third kappa shape index (κ3) is 4.92. The van der Waals surface area contributed by atoms with Crippen LogP contribution in [-0.4, -0.2) is 40.0 Å². The van der Waals surface area contributed by atoms with Crippen LogP contribution in [0.25, 0.3) is 0 Å². The topological polar surface area (TPSA) is 50.2 Å². The first-order chi connectivity index (χ1) is 12.2. The number of carbonyl (C=O) groups is 1. The minimum absolute atomic E-state index is 0.0844. The molecule has 134 valence electrons. The molecular formula is C20H28N4O. The van der Waals surface area contributed by atoms with Crippen LogP contribution in [-0.2, 0) is 11.8 Å². The van der Waals surface area contributed by atoms with Crippen molar-refractivity contribution in [1.29, 1.82) is 0 Å². The predicted molar refractivity (Wildman–Crippen MR) is 99.2 cm³/mol. The summed E-state index contributed by atoms with van der Waals surface area (Å²) >= 11 is 0. The standard InChI is InChI=1S/C20H28N4O/c1-23-16-12-21-20(23)19(17-9-5-4-6-10-17)22-18(25)11-15-24-13-7-2-3-8-14-24/h4-6,9-10,12,16,19H,2-3,7-8,11,13-15H2,1H3,(H,22,25). The molecule has 1 fully saturated rings. The Kier molecular flexibility index (Phi) is 6.23. The zero-order valence-electron chi connectivity index (χ0n) is 15.0. The summed E-state index contributed by atoms with van der Waals surface area (Å²) in [6.45, 7) is 3.08. The number of hydrogen-bond acceptors (Lipinski definition) is 3. The van der Waals surface area contributed by atoms with Crippen molar-refractivity contribution in [3.05, 3.63) is 54.1 Å². The Bertz CT molecular complexity index is 659. The van der Waals surface area contributed by atoms with E-state index in [1.807, 2.05) is 48.1 Å². The van der Waals surface area contributed by atoms with Gasteiger partial charge in [-0.1, -0.05) is 43.2 Å². The van der Waals surface area contributed by atoms with Crippen molar-refractivity contribution in [2.45, 2.75) is 38.1 Å². The van der Waals surface area contributed by atoms with E-state index in [1.54, 1.807) is 6.20 Å². The third-order valence-electron chi connectivity index (χ3n) is 4.91. The number of nitrogens with one attached hydrogen (secondary N) is 1. The summed E-state index contributed by atoms with van der Waals surface area (Å²) in [4.78, 5) is 19.5. The first-order valence-corrected chi connectivity index (χ1v) is 9.28. The normalized spacial score (nSPS) is 17.0. The Morgan fingerprint density at radius 1 is 1.16 bits per heavy atom. The van der Waals surface area contributed by atoms with Gasteiger partial charge in [0.05, 0.1) is 0 Å². The van der Waals surface area contributed by atoms with Gasteiger partial charge in [-0.3, -0.25) is 4.79 Å². The van der Waals surface area contributed by atoms with E-state index in [4.69, 9.17) is 0 Å². The van der Waals surface area contributed by atoms with Crippen LogP contribution in [0.2, 0.25) is 0 Å². The first kappa shape index (κ1) is 17.7. The molecule has 0 aliphatic carbocycles. The van der Waals surface area contributed by atoms with Crippen molar-refractivity contribution < 1.29 is 4.79 Å². The Hall–Kier alpha value is -2.14. The highest BCUT2D eigenvalue weighted by Crippen LogP contribution is 2.20. The van der Waals surface area contributed by atoms with E-state index >= 15 is 0 Å². The molecule has 0 saturated carbocycles. The molecule has 0 bridgehead atoms. The van der Waals surface area contributed by atoms with Gasteiger partial charge < -0.3 is 14.8 Å². The van der Waals surface area contributed by atoms with Crippen LogP contribution in [0.1, 0.15) is 49.5 Å². The summed E-state index contributed by atoms with van der Waals surface area (Å²) in [5.41, 5.74) is 1.06. The third-order valence-corrected chi connectivity index (χ3v) is 4.91. The van der Waals surface area contributed by atoms with Gasteiger partial charge in [-0.2, -0.15) is 0 Å². The van der Waals surface area contributed by atoms with Gasteiger partial charge in [0.25, 0.3) is 0 Å². The van der Waals surface area contributed by atoms with Crippen LogP contribution in [0.3, 0.4) is 0 Å². The van der Waals surface area contributed by atoms with Crippen LogP contribution in [0.4, 0.5) is 0 Å². The smallest absolute Gasteiger partial charge is 0.222 e. The Morgan fingerprint density at radius 3 is 2.52 bits per heavy atom. The lowest BCUT2D eigenvalue weighted by atomic mass is 10.1. The zero-order valence-corrected chi connectivity index (χ0v) is 15.0. The molecule has 5 nitrogen and oxygen atoms in total. The molecule has 5 heteroatoms. The molecule has 0 radical (unpaired) electrons. The number of rotatable bonds is 6. The molecule has 3 rings (SSSR count). The summed E-state index contributed by atoms with van der Waals surface area (Å²) < 4.78 is 1.97. The Labute approximate surface area is 150 Å². The van der Waals surface area contributed by atoms with Gasteiger partial charge in [0.15, 0.2) is 0 Å². The highest BCUT2D eigenvalue weighted by Gasteiger charge is 2.21. The largest absolute Gasteiger partial charge is 0.342 e. The SMILES string of the molecule is Cn1ccnc1C(NC(=O)CCN1CCCCCC1)c1ccccc1. The number of carbonyl (C=O) groups excluding carboxylic acids is 1. The lowest BCUT2D eigenvalue weighted by Gasteiger charge is -2.22. The summed E-state index contributed by atoms with van der Waals surface area (Å²) in [5, 5.41) is 3.18. The van der Waals surface area contributed by atoms with Gasteiger partial charge in [-0.05, 0) is 31.5 Å². The highest BCUT2D eigenvalue weighted by molar-refractivity contribution is 5.77. The molecule has 1 aromatic heterocycles. The molecule has 1 amide bonds. The average molecular weight is 340 g/mol. The maximum atomic E-state index is 12.6. The van der Waals surface area contributed by atoms with Gasteiger partial charge in [0, 0.05) is 32.4 Å². The fraction of sp³-hybridized carbons (Fsp3) is 0.500. The maximum absolute atomic E-state index is 12.6. The molecule has 0 spiro atoms. The second-order valence-electron chi connectivity index (χ2n) is 6.81. The summed E-state index contributed by atoms with van der Waals surface area (Å²) in [7, 11) is 1.96. The van der Waals surface area contributed by atoms with E-state index in [9.17, 15) is 4.79 Å². The number of aryl methyl sites for hydroxylation is 1.